The molecule has 4 rings (SSSR count). The van der Waals surface area contributed by atoms with Gasteiger partial charge in [-0.3, -0.25) is 9.59 Å². The van der Waals surface area contributed by atoms with E-state index in [9.17, 15) is 14.7 Å². The Labute approximate surface area is 210 Å². The van der Waals surface area contributed by atoms with Gasteiger partial charge in [-0.05, 0) is 43.9 Å². The minimum atomic E-state index is -0.756. The van der Waals surface area contributed by atoms with Crippen molar-refractivity contribution in [1.29, 1.82) is 0 Å². The van der Waals surface area contributed by atoms with Crippen LogP contribution in [0.3, 0.4) is 0 Å². The third-order valence-electron chi connectivity index (χ3n) is 6.29. The molecule has 0 spiro atoms. The molecule has 184 valence electrons. The van der Waals surface area contributed by atoms with E-state index in [1.165, 1.54) is 10.5 Å². The Kier molecular flexibility index (Phi) is 8.21. The van der Waals surface area contributed by atoms with Crippen molar-refractivity contribution < 1.29 is 19.2 Å². The fourth-order valence-corrected chi connectivity index (χ4v) is 4.62. The first-order chi connectivity index (χ1) is 16.9. The molecule has 2 aromatic rings. The van der Waals surface area contributed by atoms with E-state index in [1.807, 2.05) is 24.3 Å². The molecule has 0 radical (unpaired) electrons. The third kappa shape index (κ3) is 6.71. The number of carbonyl (C=O) groups is 2. The van der Waals surface area contributed by atoms with Gasteiger partial charge in [0.15, 0.2) is 0 Å². The highest BCUT2D eigenvalue weighted by molar-refractivity contribution is 6.30. The van der Waals surface area contributed by atoms with Crippen LogP contribution in [0.25, 0.3) is 0 Å². The average Bonchev–Trinajstić information content (AvgIpc) is 3.32. The quantitative estimate of drug-likeness (QED) is 0.571. The first-order valence-electron chi connectivity index (χ1n) is 11.9. The van der Waals surface area contributed by atoms with Gasteiger partial charge in [-0.15, -0.1) is 0 Å². The number of hydrogen-bond acceptors (Lipinski definition) is 5. The molecule has 1 fully saturated rings. The smallest absolute Gasteiger partial charge is 0.243 e. The second-order valence-electron chi connectivity index (χ2n) is 9.02. The molecule has 35 heavy (non-hydrogen) atoms. The highest BCUT2D eigenvalue weighted by Gasteiger charge is 2.39. The Bertz CT molecular complexity index is 1140. The summed E-state index contributed by atoms with van der Waals surface area (Å²) in [4.78, 5) is 27.8. The number of likely N-dealkylation sites (tertiary alicyclic amines) is 1. The Morgan fingerprint density at radius 2 is 2.09 bits per heavy atom. The van der Waals surface area contributed by atoms with Gasteiger partial charge in [0.25, 0.3) is 0 Å². The summed E-state index contributed by atoms with van der Waals surface area (Å²) in [5.74, 6) is -0.121. The second-order valence-corrected chi connectivity index (χ2v) is 9.45. The number of carbonyl (C=O) groups excluding carboxylic acids is 2. The molecule has 2 aliphatic rings. The molecule has 1 aromatic heterocycles. The lowest BCUT2D eigenvalue weighted by molar-refractivity contribution is -0.138. The maximum absolute atomic E-state index is 13.4. The van der Waals surface area contributed by atoms with Crippen LogP contribution in [-0.2, 0) is 16.0 Å². The molecule has 1 aromatic carbocycles. The number of β-amino-alcohol motifs (C(OH)–C–C–N with tert-alkyl or cyclic N) is 1. The standard InChI is InChI=1S/C27H30ClN3O4/c1-18-14-23(35-30-18)16-26(33)31-17-22(32)15-25(31)27(34)29-24(20-9-11-21(28)12-10-20)13-8-19-6-4-2-3-5-7-19/h2-4,6-7,9-12,14,22,24-25,32H,5,8,13,15-17H2,1H3,(H,29,34)/t22-,24+,25+/m1/s1. The molecule has 2 N–H and O–H groups in total. The van der Waals surface area contributed by atoms with E-state index in [-0.39, 0.29) is 37.2 Å². The van der Waals surface area contributed by atoms with Gasteiger partial charge in [-0.1, -0.05) is 64.8 Å². The van der Waals surface area contributed by atoms with Gasteiger partial charge >= 0.3 is 0 Å². The van der Waals surface area contributed by atoms with Gasteiger partial charge in [0.1, 0.15) is 11.8 Å². The maximum Gasteiger partial charge on any atom is 0.243 e. The Hall–Kier alpha value is -3.16. The molecule has 2 heterocycles. The monoisotopic (exact) mass is 495 g/mol. The fraction of sp³-hybridized carbons (Fsp3) is 0.370. The molecule has 8 heteroatoms. The van der Waals surface area contributed by atoms with E-state index < -0.39 is 12.1 Å². The molecule has 0 unspecified atom stereocenters. The van der Waals surface area contributed by atoms with Crippen LogP contribution in [0.4, 0.5) is 0 Å². The number of benzene rings is 1. The highest BCUT2D eigenvalue weighted by Crippen LogP contribution is 2.26. The number of hydrogen-bond donors (Lipinski definition) is 2. The predicted molar refractivity (Wildman–Crippen MR) is 134 cm³/mol. The molecule has 0 bridgehead atoms. The third-order valence-corrected chi connectivity index (χ3v) is 6.54. The topological polar surface area (TPSA) is 95.7 Å². The molecule has 0 saturated carbocycles. The molecule has 3 atom stereocenters. The van der Waals surface area contributed by atoms with Crippen molar-refractivity contribution in [2.75, 3.05) is 6.54 Å². The zero-order valence-corrected chi connectivity index (χ0v) is 20.4. The number of aliphatic hydroxyl groups excluding tert-OH is 1. The van der Waals surface area contributed by atoms with Gasteiger partial charge in [0.2, 0.25) is 11.8 Å². The molecule has 1 saturated heterocycles. The summed E-state index contributed by atoms with van der Waals surface area (Å²) in [6.45, 7) is 1.89. The average molecular weight is 496 g/mol. The van der Waals surface area contributed by atoms with Crippen molar-refractivity contribution in [3.63, 3.8) is 0 Å². The summed E-state index contributed by atoms with van der Waals surface area (Å²) in [5, 5.41) is 17.8. The molecule has 1 aliphatic heterocycles. The van der Waals surface area contributed by atoms with E-state index in [0.29, 0.717) is 22.9 Å². The van der Waals surface area contributed by atoms with Gasteiger partial charge in [0.05, 0.1) is 24.3 Å². The van der Waals surface area contributed by atoms with Crippen LogP contribution < -0.4 is 5.32 Å². The number of nitrogens with zero attached hydrogens (tertiary/aromatic N) is 2. The van der Waals surface area contributed by atoms with Crippen LogP contribution in [0.5, 0.6) is 0 Å². The fourth-order valence-electron chi connectivity index (χ4n) is 4.49. The van der Waals surface area contributed by atoms with Crippen LogP contribution in [-0.4, -0.2) is 45.7 Å². The van der Waals surface area contributed by atoms with Crippen molar-refractivity contribution >= 4 is 23.4 Å². The minimum Gasteiger partial charge on any atom is -0.391 e. The maximum atomic E-state index is 13.4. The second kappa shape index (κ2) is 11.5. The van der Waals surface area contributed by atoms with E-state index in [1.54, 1.807) is 25.1 Å². The Balaban J connectivity index is 1.47. The normalized spacial score (nSPS) is 20.4. The number of aliphatic hydroxyl groups is 1. The predicted octanol–water partition coefficient (Wildman–Crippen LogP) is 4.22. The van der Waals surface area contributed by atoms with Gasteiger partial charge in [-0.25, -0.2) is 0 Å². The molecule has 2 amide bonds. The van der Waals surface area contributed by atoms with E-state index in [0.717, 1.165) is 18.4 Å². The van der Waals surface area contributed by atoms with E-state index in [2.05, 4.69) is 28.7 Å². The van der Waals surface area contributed by atoms with Crippen molar-refractivity contribution in [2.45, 2.75) is 57.2 Å². The number of aryl methyl sites for hydroxylation is 1. The largest absolute Gasteiger partial charge is 0.391 e. The summed E-state index contributed by atoms with van der Waals surface area (Å²) >= 11 is 6.08. The molecule has 7 nitrogen and oxygen atoms in total. The summed E-state index contributed by atoms with van der Waals surface area (Å²) in [6, 6.07) is 8.10. The Morgan fingerprint density at radius 1 is 1.29 bits per heavy atom. The first-order valence-corrected chi connectivity index (χ1v) is 12.2. The Morgan fingerprint density at radius 3 is 2.83 bits per heavy atom. The zero-order valence-electron chi connectivity index (χ0n) is 19.7. The minimum absolute atomic E-state index is 0.00746. The zero-order chi connectivity index (χ0) is 24.8. The summed E-state index contributed by atoms with van der Waals surface area (Å²) < 4.78 is 5.16. The summed E-state index contributed by atoms with van der Waals surface area (Å²) in [5.41, 5.74) is 2.83. The highest BCUT2D eigenvalue weighted by atomic mass is 35.5. The number of allylic oxidation sites excluding steroid dienone is 6. The first kappa shape index (κ1) is 24.9. The summed E-state index contributed by atoms with van der Waals surface area (Å²) in [6.07, 6.45) is 12.2. The number of aromatic nitrogens is 1. The SMILES string of the molecule is Cc1cc(CC(=O)N2C[C@H](O)C[C@H]2C(=O)N[C@@H](CCC2=CCC=CC=C2)c2ccc(Cl)cc2)on1. The number of rotatable bonds is 8. The van der Waals surface area contributed by atoms with Crippen LogP contribution in [0.2, 0.25) is 5.02 Å². The van der Waals surface area contributed by atoms with Crippen LogP contribution in [0.15, 0.2) is 70.8 Å². The lowest BCUT2D eigenvalue weighted by atomic mass is 9.97. The van der Waals surface area contributed by atoms with E-state index in [4.69, 9.17) is 16.1 Å². The van der Waals surface area contributed by atoms with Gasteiger partial charge < -0.3 is 19.8 Å². The lowest BCUT2D eigenvalue weighted by Crippen LogP contribution is -2.47. The molecule has 1 aliphatic carbocycles. The van der Waals surface area contributed by atoms with Gasteiger partial charge in [-0.2, -0.15) is 0 Å². The summed E-state index contributed by atoms with van der Waals surface area (Å²) in [7, 11) is 0. The molecular formula is C27H30ClN3O4. The van der Waals surface area contributed by atoms with E-state index >= 15 is 0 Å². The van der Waals surface area contributed by atoms with Crippen molar-refractivity contribution in [1.82, 2.24) is 15.4 Å². The van der Waals surface area contributed by atoms with Gasteiger partial charge in [0, 0.05) is 24.1 Å². The van der Waals surface area contributed by atoms with Crippen LogP contribution >= 0.6 is 11.6 Å². The van der Waals surface area contributed by atoms with Crippen molar-refractivity contribution in [3.8, 4) is 0 Å². The van der Waals surface area contributed by atoms with Crippen molar-refractivity contribution in [2.24, 2.45) is 0 Å². The van der Waals surface area contributed by atoms with Crippen LogP contribution in [0.1, 0.15) is 48.7 Å². The van der Waals surface area contributed by atoms with Crippen LogP contribution in [0, 0.1) is 6.92 Å². The number of amides is 2. The van der Waals surface area contributed by atoms with Crippen molar-refractivity contribution in [3.05, 3.63) is 88.3 Å². The number of halogens is 1. The lowest BCUT2D eigenvalue weighted by Gasteiger charge is -2.27. The number of nitrogens with one attached hydrogen (secondary N) is 1. The molecular weight excluding hydrogens is 466 g/mol.